The number of halogens is 3. The Morgan fingerprint density at radius 2 is 1.96 bits per heavy atom. The van der Waals surface area contributed by atoms with Crippen molar-refractivity contribution in [3.8, 4) is 0 Å². The van der Waals surface area contributed by atoms with E-state index in [2.05, 4.69) is 10.4 Å². The number of anilines is 1. The summed E-state index contributed by atoms with van der Waals surface area (Å²) < 4.78 is 39.8. The largest absolute Gasteiger partial charge is 0.481 e. The van der Waals surface area contributed by atoms with Crippen LogP contribution in [0, 0.1) is 0 Å². The number of aromatic nitrogens is 2. The van der Waals surface area contributed by atoms with Crippen LogP contribution >= 0.6 is 0 Å². The van der Waals surface area contributed by atoms with Crippen LogP contribution in [0.3, 0.4) is 0 Å². The molecule has 2 rings (SSSR count). The van der Waals surface area contributed by atoms with Crippen LogP contribution in [0.4, 0.5) is 18.9 Å². The number of carboxylic acid groups (broad SMARTS) is 1. The zero-order chi connectivity index (χ0) is 17.9. The van der Waals surface area contributed by atoms with E-state index >= 15 is 0 Å². The van der Waals surface area contributed by atoms with E-state index in [0.717, 1.165) is 10.2 Å². The second kappa shape index (κ2) is 6.94. The van der Waals surface area contributed by atoms with E-state index in [1.807, 2.05) is 6.92 Å². The van der Waals surface area contributed by atoms with Crippen LogP contribution in [0.25, 0.3) is 0 Å². The maximum atomic E-state index is 12.9. The van der Waals surface area contributed by atoms with Gasteiger partial charge in [-0.05, 0) is 23.6 Å². The molecule has 0 radical (unpaired) electrons. The number of hydrogen-bond donors (Lipinski definition) is 2. The van der Waals surface area contributed by atoms with Crippen molar-refractivity contribution in [1.82, 2.24) is 9.78 Å². The van der Waals surface area contributed by atoms with Gasteiger partial charge in [0.1, 0.15) is 0 Å². The first kappa shape index (κ1) is 17.8. The lowest BCUT2D eigenvalue weighted by molar-refractivity contribution is -0.142. The highest BCUT2D eigenvalue weighted by Crippen LogP contribution is 2.31. The summed E-state index contributed by atoms with van der Waals surface area (Å²) in [5, 5.41) is 15.2. The fourth-order valence-electron chi connectivity index (χ4n) is 2.41. The predicted octanol–water partition coefficient (Wildman–Crippen LogP) is 3.63. The molecule has 1 aromatic carbocycles. The molecule has 8 heteroatoms. The fourth-order valence-corrected chi connectivity index (χ4v) is 2.41. The Morgan fingerprint density at radius 3 is 2.50 bits per heavy atom. The molecule has 1 heterocycles. The number of nitrogens with zero attached hydrogens (tertiary/aromatic N) is 2. The van der Waals surface area contributed by atoms with Crippen molar-refractivity contribution in [2.24, 2.45) is 7.05 Å². The quantitative estimate of drug-likeness (QED) is 0.842. The summed E-state index contributed by atoms with van der Waals surface area (Å²) in [7, 11) is 1.44. The first-order valence-electron chi connectivity index (χ1n) is 7.32. The number of hydrogen-bond acceptors (Lipinski definition) is 3. The Labute approximate surface area is 137 Å². The van der Waals surface area contributed by atoms with E-state index in [4.69, 9.17) is 5.11 Å². The molecule has 5 nitrogen and oxygen atoms in total. The number of carbonyl (C=O) groups is 1. The summed E-state index contributed by atoms with van der Waals surface area (Å²) in [5.41, 5.74) is 0.677. The van der Waals surface area contributed by atoms with E-state index in [1.54, 1.807) is 24.3 Å². The number of nitrogens with one attached hydrogen (secondary N) is 1. The number of alkyl halides is 3. The Bertz CT molecular complexity index is 708. The topological polar surface area (TPSA) is 67.2 Å². The third-order valence-electron chi connectivity index (χ3n) is 3.62. The Morgan fingerprint density at radius 1 is 1.33 bits per heavy atom. The highest BCUT2D eigenvalue weighted by atomic mass is 19.4. The molecular weight excluding hydrogens is 323 g/mol. The maximum Gasteiger partial charge on any atom is 0.435 e. The van der Waals surface area contributed by atoms with Crippen molar-refractivity contribution in [2.75, 3.05) is 5.32 Å². The molecule has 0 spiro atoms. The normalized spacial score (nSPS) is 12.9. The maximum absolute atomic E-state index is 12.9. The van der Waals surface area contributed by atoms with Gasteiger partial charge in [-0.2, -0.15) is 18.3 Å². The molecular formula is C16H18F3N3O2. The lowest BCUT2D eigenvalue weighted by Crippen LogP contribution is -2.11. The standard InChI is InChI=1S/C16H18F3N3O2/c1-10(7-14(23)24)11-3-5-13(6-4-11)20-8-12-9-22(2)21-15(12)16(17,18)19/h3-6,9-10,20H,7-8H2,1-2H3,(H,23,24). The van der Waals surface area contributed by atoms with Gasteiger partial charge in [0.05, 0.1) is 6.42 Å². The van der Waals surface area contributed by atoms with Gasteiger partial charge < -0.3 is 10.4 Å². The van der Waals surface area contributed by atoms with Crippen molar-refractivity contribution < 1.29 is 23.1 Å². The van der Waals surface area contributed by atoms with Crippen molar-refractivity contribution in [3.63, 3.8) is 0 Å². The summed E-state index contributed by atoms with van der Waals surface area (Å²) in [4.78, 5) is 10.7. The summed E-state index contributed by atoms with van der Waals surface area (Å²) in [5.74, 6) is -1.01. The first-order valence-corrected chi connectivity index (χ1v) is 7.32. The second-order valence-electron chi connectivity index (χ2n) is 5.65. The predicted molar refractivity (Wildman–Crippen MR) is 82.6 cm³/mol. The molecule has 0 saturated heterocycles. The van der Waals surface area contributed by atoms with Gasteiger partial charge in [0, 0.05) is 31.0 Å². The van der Waals surface area contributed by atoms with Gasteiger partial charge in [-0.15, -0.1) is 0 Å². The van der Waals surface area contributed by atoms with Crippen LogP contribution in [-0.4, -0.2) is 20.9 Å². The Hall–Kier alpha value is -2.51. The van der Waals surface area contributed by atoms with Crippen LogP contribution in [0.15, 0.2) is 30.5 Å². The van der Waals surface area contributed by atoms with Crippen LogP contribution in [0.5, 0.6) is 0 Å². The number of benzene rings is 1. The van der Waals surface area contributed by atoms with Gasteiger partial charge >= 0.3 is 12.1 Å². The molecule has 0 aliphatic heterocycles. The molecule has 1 aromatic heterocycles. The minimum absolute atomic E-state index is 0.00723. The molecule has 1 atom stereocenters. The summed E-state index contributed by atoms with van der Waals surface area (Å²) in [6.07, 6.45) is -3.13. The average molecular weight is 341 g/mol. The van der Waals surface area contributed by atoms with Crippen molar-refractivity contribution in [3.05, 3.63) is 47.3 Å². The Balaban J connectivity index is 2.04. The third kappa shape index (κ3) is 4.50. The molecule has 24 heavy (non-hydrogen) atoms. The lowest BCUT2D eigenvalue weighted by Gasteiger charge is -2.12. The second-order valence-corrected chi connectivity index (χ2v) is 5.65. The molecule has 0 amide bonds. The monoisotopic (exact) mass is 341 g/mol. The van der Waals surface area contributed by atoms with E-state index in [-0.39, 0.29) is 24.4 Å². The SMILES string of the molecule is CC(CC(=O)O)c1ccc(NCc2cn(C)nc2C(F)(F)F)cc1. The number of aryl methyl sites for hydroxylation is 1. The van der Waals surface area contributed by atoms with Gasteiger partial charge in [-0.3, -0.25) is 9.48 Å². The molecule has 0 saturated carbocycles. The molecule has 0 bridgehead atoms. The van der Waals surface area contributed by atoms with E-state index in [1.165, 1.54) is 13.2 Å². The van der Waals surface area contributed by atoms with E-state index in [9.17, 15) is 18.0 Å². The number of aliphatic carboxylic acids is 1. The summed E-state index contributed by atoms with van der Waals surface area (Å²) in [6, 6.07) is 6.97. The number of rotatable bonds is 6. The Kier molecular flexibility index (Phi) is 5.16. The lowest BCUT2D eigenvalue weighted by atomic mass is 9.98. The highest BCUT2D eigenvalue weighted by Gasteiger charge is 2.36. The van der Waals surface area contributed by atoms with Crippen molar-refractivity contribution >= 4 is 11.7 Å². The molecule has 0 fully saturated rings. The summed E-state index contributed by atoms with van der Waals surface area (Å²) >= 11 is 0. The zero-order valence-electron chi connectivity index (χ0n) is 13.3. The summed E-state index contributed by atoms with van der Waals surface area (Å²) in [6.45, 7) is 1.80. The van der Waals surface area contributed by atoms with Crippen molar-refractivity contribution in [2.45, 2.75) is 32.0 Å². The molecule has 2 aromatic rings. The molecule has 0 aliphatic rings. The average Bonchev–Trinajstić information content (AvgIpc) is 2.86. The zero-order valence-corrected chi connectivity index (χ0v) is 13.3. The van der Waals surface area contributed by atoms with Crippen molar-refractivity contribution in [1.29, 1.82) is 0 Å². The van der Waals surface area contributed by atoms with Crippen LogP contribution in [0.2, 0.25) is 0 Å². The van der Waals surface area contributed by atoms with Crippen LogP contribution < -0.4 is 5.32 Å². The van der Waals surface area contributed by atoms with Gasteiger partial charge in [-0.1, -0.05) is 19.1 Å². The minimum atomic E-state index is -4.49. The first-order chi connectivity index (χ1) is 11.2. The van der Waals surface area contributed by atoms with Crippen LogP contribution in [0.1, 0.15) is 36.1 Å². The molecule has 0 aliphatic carbocycles. The molecule has 130 valence electrons. The van der Waals surface area contributed by atoms with Gasteiger partial charge in [0.25, 0.3) is 0 Å². The van der Waals surface area contributed by atoms with Crippen LogP contribution in [-0.2, 0) is 24.6 Å². The van der Waals surface area contributed by atoms with Gasteiger partial charge in [-0.25, -0.2) is 0 Å². The fraction of sp³-hybridized carbons (Fsp3) is 0.375. The molecule has 1 unspecified atom stereocenters. The van der Waals surface area contributed by atoms with E-state index < -0.39 is 17.8 Å². The minimum Gasteiger partial charge on any atom is -0.481 e. The van der Waals surface area contributed by atoms with Gasteiger partial charge in [0.2, 0.25) is 0 Å². The highest BCUT2D eigenvalue weighted by molar-refractivity contribution is 5.68. The van der Waals surface area contributed by atoms with Gasteiger partial charge in [0.15, 0.2) is 5.69 Å². The number of carboxylic acids is 1. The smallest absolute Gasteiger partial charge is 0.435 e. The van der Waals surface area contributed by atoms with E-state index in [0.29, 0.717) is 5.69 Å². The molecule has 2 N–H and O–H groups in total. The third-order valence-corrected chi connectivity index (χ3v) is 3.62.